The first kappa shape index (κ1) is 7.54. The van der Waals surface area contributed by atoms with Gasteiger partial charge in [-0.15, -0.1) is 0 Å². The highest BCUT2D eigenvalue weighted by molar-refractivity contribution is 4.94. The van der Waals surface area contributed by atoms with Crippen molar-refractivity contribution < 1.29 is 0 Å². The number of allylic oxidation sites excluding steroid dienone is 1. The van der Waals surface area contributed by atoms with Crippen LogP contribution in [0.1, 0.15) is 6.92 Å². The summed E-state index contributed by atoms with van der Waals surface area (Å²) in [7, 11) is 3.75. The normalized spacial score (nSPS) is 9.62. The maximum atomic E-state index is 5.48. The molecule has 0 saturated heterocycles. The van der Waals surface area contributed by atoms with E-state index in [0.717, 1.165) is 0 Å². The molecule has 3 radical (unpaired) electrons. The Hall–Kier alpha value is -0.460. The van der Waals surface area contributed by atoms with Gasteiger partial charge in [0.25, 0.3) is 0 Å². The number of rotatable bonds is 2. The summed E-state index contributed by atoms with van der Waals surface area (Å²) < 4.78 is 0. The largest absolute Gasteiger partial charge is 0.381 e. The molecule has 0 saturated carbocycles. The fourth-order valence-electron chi connectivity index (χ4n) is 0.407. The zero-order chi connectivity index (χ0) is 6.73. The molecule has 0 amide bonds. The van der Waals surface area contributed by atoms with Crippen LogP contribution in [0, 0.1) is 19.4 Å². The van der Waals surface area contributed by atoms with Crippen LogP contribution in [0.4, 0.5) is 0 Å². The lowest BCUT2D eigenvalue weighted by Crippen LogP contribution is -2.14. The second-order valence-corrected chi connectivity index (χ2v) is 2.11. The Bertz CT molecular complexity index is 72.4. The van der Waals surface area contributed by atoms with E-state index in [1.807, 2.05) is 25.9 Å². The lowest BCUT2D eigenvalue weighted by molar-refractivity contribution is 0.462. The van der Waals surface area contributed by atoms with E-state index >= 15 is 0 Å². The first-order chi connectivity index (χ1) is 3.55. The Kier molecular flexibility index (Phi) is 2.59. The van der Waals surface area contributed by atoms with Crippen molar-refractivity contribution in [2.45, 2.75) is 6.92 Å². The number of nitrogens with zero attached hydrogens (tertiary/aromatic N) is 1. The molecule has 1 unspecified atom stereocenters. The van der Waals surface area contributed by atoms with E-state index in [1.54, 1.807) is 0 Å². The van der Waals surface area contributed by atoms with E-state index in [2.05, 4.69) is 0 Å². The molecule has 0 spiro atoms. The first-order valence-electron chi connectivity index (χ1n) is 2.61. The second kappa shape index (κ2) is 2.75. The predicted molar refractivity (Wildman–Crippen MR) is 35.0 cm³/mol. The van der Waals surface area contributed by atoms with E-state index in [9.17, 15) is 0 Å². The molecule has 1 heteroatoms. The Morgan fingerprint density at radius 3 is 1.88 bits per heavy atom. The van der Waals surface area contributed by atoms with Gasteiger partial charge >= 0.3 is 0 Å². The van der Waals surface area contributed by atoms with Gasteiger partial charge in [0.05, 0.1) is 0 Å². The standard InChI is InChI=1S/C7H12N/c1-6(2)7(3)8(4)5/h1,3,6H,2,4-5H3. The molecule has 0 aliphatic heterocycles. The molecule has 0 aliphatic rings. The molecule has 0 rings (SSSR count). The smallest absolute Gasteiger partial charge is 0.0160 e. The van der Waals surface area contributed by atoms with Crippen LogP contribution in [0.5, 0.6) is 0 Å². The maximum absolute atomic E-state index is 5.48. The Labute approximate surface area is 52.0 Å². The topological polar surface area (TPSA) is 3.24 Å². The summed E-state index contributed by atoms with van der Waals surface area (Å²) in [5, 5.41) is 0. The molecular weight excluding hydrogens is 98.1 g/mol. The van der Waals surface area contributed by atoms with Gasteiger partial charge in [0.2, 0.25) is 0 Å². The quantitative estimate of drug-likeness (QED) is 0.516. The Balaban J connectivity index is 3.65. The minimum absolute atomic E-state index is 0.0370. The van der Waals surface area contributed by atoms with Gasteiger partial charge in [-0.05, 0) is 19.4 Å². The van der Waals surface area contributed by atoms with E-state index in [-0.39, 0.29) is 5.92 Å². The fraction of sp³-hybridized carbons (Fsp3) is 0.571. The third kappa shape index (κ3) is 2.01. The van der Waals surface area contributed by atoms with Crippen LogP contribution >= 0.6 is 0 Å². The van der Waals surface area contributed by atoms with E-state index in [1.165, 1.54) is 0 Å². The molecule has 0 aromatic heterocycles. The average Bonchev–Trinajstić information content (AvgIpc) is 1.64. The summed E-state index contributed by atoms with van der Waals surface area (Å²) in [6.45, 7) is 12.8. The van der Waals surface area contributed by atoms with E-state index < -0.39 is 0 Å². The summed E-state index contributed by atoms with van der Waals surface area (Å²) in [5.74, 6) is -0.0370. The maximum Gasteiger partial charge on any atom is 0.0160 e. The van der Waals surface area contributed by atoms with Gasteiger partial charge in [-0.3, -0.25) is 0 Å². The summed E-state index contributed by atoms with van der Waals surface area (Å²) in [4.78, 5) is 1.81. The third-order valence-corrected chi connectivity index (χ3v) is 0.983. The van der Waals surface area contributed by atoms with Crippen molar-refractivity contribution in [1.82, 2.24) is 4.90 Å². The highest BCUT2D eigenvalue weighted by Crippen LogP contribution is 2.06. The van der Waals surface area contributed by atoms with Gasteiger partial charge in [0.15, 0.2) is 0 Å². The zero-order valence-corrected chi connectivity index (χ0v) is 5.68. The van der Waals surface area contributed by atoms with Crippen molar-refractivity contribution in [3.8, 4) is 0 Å². The van der Waals surface area contributed by atoms with Gasteiger partial charge in [-0.2, -0.15) is 0 Å². The van der Waals surface area contributed by atoms with Gasteiger partial charge in [0.1, 0.15) is 0 Å². The molecule has 0 bridgehead atoms. The lowest BCUT2D eigenvalue weighted by Gasteiger charge is -2.17. The van der Waals surface area contributed by atoms with Crippen LogP contribution in [0.25, 0.3) is 0 Å². The van der Waals surface area contributed by atoms with E-state index in [4.69, 9.17) is 13.5 Å². The van der Waals surface area contributed by atoms with Crippen LogP contribution in [-0.2, 0) is 0 Å². The van der Waals surface area contributed by atoms with Crippen molar-refractivity contribution >= 4 is 0 Å². The first-order valence-corrected chi connectivity index (χ1v) is 2.61. The number of hydrogen-bond acceptors (Lipinski definition) is 1. The number of hydrogen-bond donors (Lipinski definition) is 0. The van der Waals surface area contributed by atoms with Gasteiger partial charge in [-0.1, -0.05) is 6.92 Å². The van der Waals surface area contributed by atoms with Crippen LogP contribution in [-0.4, -0.2) is 19.0 Å². The monoisotopic (exact) mass is 110 g/mol. The van der Waals surface area contributed by atoms with Crippen molar-refractivity contribution in [3.05, 3.63) is 19.2 Å². The van der Waals surface area contributed by atoms with E-state index in [0.29, 0.717) is 5.70 Å². The molecule has 0 aromatic carbocycles. The Morgan fingerprint density at radius 2 is 1.88 bits per heavy atom. The lowest BCUT2D eigenvalue weighted by atomic mass is 10.1. The van der Waals surface area contributed by atoms with Crippen LogP contribution in [0.3, 0.4) is 0 Å². The molecule has 1 atom stereocenters. The van der Waals surface area contributed by atoms with Crippen molar-refractivity contribution in [1.29, 1.82) is 0 Å². The Morgan fingerprint density at radius 1 is 1.50 bits per heavy atom. The van der Waals surface area contributed by atoms with Crippen molar-refractivity contribution in [3.63, 3.8) is 0 Å². The van der Waals surface area contributed by atoms with Crippen LogP contribution in [0.15, 0.2) is 5.70 Å². The highest BCUT2D eigenvalue weighted by Gasteiger charge is 1.99. The summed E-state index contributed by atoms with van der Waals surface area (Å²) >= 11 is 0. The summed E-state index contributed by atoms with van der Waals surface area (Å²) in [6, 6.07) is 0. The SMILES string of the molecule is [CH]C(C)C(=[CH])N(C)C. The highest BCUT2D eigenvalue weighted by atomic mass is 15.1. The molecule has 0 heterocycles. The molecule has 0 aliphatic carbocycles. The summed E-state index contributed by atoms with van der Waals surface area (Å²) in [6.07, 6.45) is 0. The van der Waals surface area contributed by atoms with Gasteiger partial charge < -0.3 is 4.90 Å². The predicted octanol–water partition coefficient (Wildman–Crippen LogP) is 1.21. The third-order valence-electron chi connectivity index (χ3n) is 0.983. The van der Waals surface area contributed by atoms with Crippen molar-refractivity contribution in [2.24, 2.45) is 5.92 Å². The van der Waals surface area contributed by atoms with Crippen molar-refractivity contribution in [2.75, 3.05) is 14.1 Å². The molecule has 45 valence electrons. The molecule has 0 fully saturated rings. The van der Waals surface area contributed by atoms with Crippen LogP contribution < -0.4 is 0 Å². The molecule has 0 N–H and O–H groups in total. The molecule has 1 nitrogen and oxygen atoms in total. The zero-order valence-electron chi connectivity index (χ0n) is 5.68. The fourth-order valence-corrected chi connectivity index (χ4v) is 0.407. The molecular formula is C7H12N. The minimum atomic E-state index is -0.0370. The second-order valence-electron chi connectivity index (χ2n) is 2.11. The molecule has 8 heavy (non-hydrogen) atoms. The van der Waals surface area contributed by atoms with Gasteiger partial charge in [0, 0.05) is 19.8 Å². The summed E-state index contributed by atoms with van der Waals surface area (Å²) in [5.41, 5.74) is 0.713. The molecule has 0 aromatic rings. The van der Waals surface area contributed by atoms with Gasteiger partial charge in [-0.25, -0.2) is 0 Å². The van der Waals surface area contributed by atoms with Crippen LogP contribution in [0.2, 0.25) is 0 Å². The average molecular weight is 110 g/mol. The minimum Gasteiger partial charge on any atom is -0.381 e.